The van der Waals surface area contributed by atoms with Gasteiger partial charge in [-0.15, -0.1) is 0 Å². The maximum absolute atomic E-state index is 9.68. The van der Waals surface area contributed by atoms with Gasteiger partial charge >= 0.3 is 0 Å². The van der Waals surface area contributed by atoms with Crippen LogP contribution in [0.15, 0.2) is 0 Å². The molecule has 0 spiro atoms. The van der Waals surface area contributed by atoms with Gasteiger partial charge in [-0.25, -0.2) is 0 Å². The van der Waals surface area contributed by atoms with Crippen molar-refractivity contribution in [3.63, 3.8) is 0 Å². The Hall–Kier alpha value is -0.120. The summed E-state index contributed by atoms with van der Waals surface area (Å²) < 4.78 is 0. The van der Waals surface area contributed by atoms with Crippen molar-refractivity contribution in [1.29, 1.82) is 0 Å². The third-order valence-corrected chi connectivity index (χ3v) is 3.80. The van der Waals surface area contributed by atoms with E-state index in [9.17, 15) is 10.2 Å². The minimum Gasteiger partial charge on any atom is -0.396 e. The third kappa shape index (κ3) is 2.10. The Bertz CT molecular complexity index is 186. The van der Waals surface area contributed by atoms with E-state index in [-0.39, 0.29) is 12.1 Å². The lowest BCUT2D eigenvalue weighted by atomic mass is 10.0. The van der Waals surface area contributed by atoms with Gasteiger partial charge in [0, 0.05) is 18.7 Å². The Morgan fingerprint density at radius 1 is 1.00 bits per heavy atom. The van der Waals surface area contributed by atoms with Crippen molar-refractivity contribution in [2.75, 3.05) is 6.61 Å². The van der Waals surface area contributed by atoms with Gasteiger partial charge in [-0.05, 0) is 38.0 Å². The van der Waals surface area contributed by atoms with Gasteiger partial charge < -0.3 is 15.5 Å². The fourth-order valence-corrected chi connectivity index (χ4v) is 2.88. The molecule has 0 radical (unpaired) electrons. The normalized spacial score (nSPS) is 43.3. The summed E-state index contributed by atoms with van der Waals surface area (Å²) in [6.07, 6.45) is 6.52. The van der Waals surface area contributed by atoms with Gasteiger partial charge in [-0.2, -0.15) is 0 Å². The van der Waals surface area contributed by atoms with Crippen LogP contribution in [0.5, 0.6) is 0 Å². The van der Waals surface area contributed by atoms with Crippen LogP contribution in [0.3, 0.4) is 0 Å². The zero-order chi connectivity index (χ0) is 9.97. The second-order valence-corrected chi connectivity index (χ2v) is 4.75. The Labute approximate surface area is 85.5 Å². The summed E-state index contributed by atoms with van der Waals surface area (Å²) in [5, 5.41) is 22.4. The van der Waals surface area contributed by atoms with Crippen LogP contribution in [0.4, 0.5) is 0 Å². The second kappa shape index (κ2) is 4.60. The molecule has 2 rings (SSSR count). The minimum absolute atomic E-state index is 0.157. The molecule has 3 N–H and O–H groups in total. The number of rotatable bonds is 3. The highest BCUT2D eigenvalue weighted by atomic mass is 16.3. The highest BCUT2D eigenvalue weighted by Crippen LogP contribution is 2.28. The highest BCUT2D eigenvalue weighted by molar-refractivity contribution is 4.90. The van der Waals surface area contributed by atoms with Gasteiger partial charge in [-0.1, -0.05) is 6.42 Å². The van der Waals surface area contributed by atoms with Crippen molar-refractivity contribution in [2.24, 2.45) is 5.92 Å². The summed E-state index contributed by atoms with van der Waals surface area (Å²) in [7, 11) is 0. The van der Waals surface area contributed by atoms with Gasteiger partial charge in [0.05, 0.1) is 6.10 Å². The van der Waals surface area contributed by atoms with Gasteiger partial charge in [-0.3, -0.25) is 0 Å². The van der Waals surface area contributed by atoms with Crippen LogP contribution < -0.4 is 5.32 Å². The fourth-order valence-electron chi connectivity index (χ4n) is 2.88. The third-order valence-electron chi connectivity index (χ3n) is 3.80. The van der Waals surface area contributed by atoms with E-state index in [2.05, 4.69) is 5.32 Å². The summed E-state index contributed by atoms with van der Waals surface area (Å²) in [4.78, 5) is 0. The lowest BCUT2D eigenvalue weighted by Gasteiger charge is -2.25. The molecule has 4 atom stereocenters. The molecular weight excluding hydrogens is 178 g/mol. The Kier molecular flexibility index (Phi) is 3.42. The van der Waals surface area contributed by atoms with E-state index in [0.717, 1.165) is 32.1 Å². The van der Waals surface area contributed by atoms with Crippen LogP contribution in [0.25, 0.3) is 0 Å². The second-order valence-electron chi connectivity index (χ2n) is 4.75. The van der Waals surface area contributed by atoms with E-state index in [1.165, 1.54) is 6.42 Å². The minimum atomic E-state index is -0.157. The molecular formula is C11H21NO2. The van der Waals surface area contributed by atoms with E-state index in [1.807, 2.05) is 0 Å². The standard InChI is InChI=1S/C11H21NO2/c13-7-8-3-1-4-9(8)12-10-5-2-6-11(10)14/h8-14H,1-7H2/t8?,9?,10-,11-/m1/s1. The molecule has 0 amide bonds. The van der Waals surface area contributed by atoms with Crippen LogP contribution in [-0.4, -0.2) is 35.0 Å². The molecule has 82 valence electrons. The summed E-state index contributed by atoms with van der Waals surface area (Å²) in [6, 6.07) is 0.727. The smallest absolute Gasteiger partial charge is 0.0693 e. The fraction of sp³-hybridized carbons (Fsp3) is 1.00. The number of hydrogen-bond acceptors (Lipinski definition) is 3. The first kappa shape index (κ1) is 10.4. The summed E-state index contributed by atoms with van der Waals surface area (Å²) in [5.41, 5.74) is 0. The van der Waals surface area contributed by atoms with E-state index >= 15 is 0 Å². The van der Waals surface area contributed by atoms with Gasteiger partial charge in [0.15, 0.2) is 0 Å². The molecule has 0 aromatic heterocycles. The van der Waals surface area contributed by atoms with Crippen LogP contribution in [0, 0.1) is 5.92 Å². The molecule has 2 unspecified atom stereocenters. The summed E-state index contributed by atoms with van der Waals surface area (Å²) >= 11 is 0. The number of aliphatic hydroxyl groups excluding tert-OH is 2. The van der Waals surface area contributed by atoms with Crippen molar-refractivity contribution in [2.45, 2.75) is 56.7 Å². The van der Waals surface area contributed by atoms with Gasteiger partial charge in [0.1, 0.15) is 0 Å². The van der Waals surface area contributed by atoms with Crippen LogP contribution in [0.2, 0.25) is 0 Å². The zero-order valence-electron chi connectivity index (χ0n) is 8.65. The number of nitrogens with one attached hydrogen (secondary N) is 1. The quantitative estimate of drug-likeness (QED) is 0.625. The Morgan fingerprint density at radius 3 is 2.36 bits per heavy atom. The monoisotopic (exact) mass is 199 g/mol. The average molecular weight is 199 g/mol. The van der Waals surface area contributed by atoms with Crippen molar-refractivity contribution < 1.29 is 10.2 Å². The van der Waals surface area contributed by atoms with E-state index in [0.29, 0.717) is 18.6 Å². The van der Waals surface area contributed by atoms with Gasteiger partial charge in [0.25, 0.3) is 0 Å². The van der Waals surface area contributed by atoms with Crippen molar-refractivity contribution in [3.8, 4) is 0 Å². The first-order chi connectivity index (χ1) is 6.81. The molecule has 2 aliphatic carbocycles. The van der Waals surface area contributed by atoms with Gasteiger partial charge in [0.2, 0.25) is 0 Å². The van der Waals surface area contributed by atoms with E-state index in [1.54, 1.807) is 0 Å². The average Bonchev–Trinajstić information content (AvgIpc) is 2.77. The lowest BCUT2D eigenvalue weighted by Crippen LogP contribution is -2.44. The molecule has 2 saturated carbocycles. The Morgan fingerprint density at radius 2 is 1.71 bits per heavy atom. The van der Waals surface area contributed by atoms with Crippen LogP contribution in [0.1, 0.15) is 38.5 Å². The molecule has 2 fully saturated rings. The van der Waals surface area contributed by atoms with Crippen molar-refractivity contribution in [1.82, 2.24) is 5.32 Å². The maximum atomic E-state index is 9.68. The largest absolute Gasteiger partial charge is 0.396 e. The predicted octanol–water partition coefficient (Wildman–Crippen LogP) is 0.650. The lowest BCUT2D eigenvalue weighted by molar-refractivity contribution is 0.129. The first-order valence-corrected chi connectivity index (χ1v) is 5.86. The van der Waals surface area contributed by atoms with Crippen molar-refractivity contribution in [3.05, 3.63) is 0 Å². The van der Waals surface area contributed by atoms with E-state index < -0.39 is 0 Å². The van der Waals surface area contributed by atoms with Crippen LogP contribution >= 0.6 is 0 Å². The highest BCUT2D eigenvalue weighted by Gasteiger charge is 2.32. The maximum Gasteiger partial charge on any atom is 0.0693 e. The van der Waals surface area contributed by atoms with E-state index in [4.69, 9.17) is 0 Å². The molecule has 0 saturated heterocycles. The molecule has 2 aliphatic rings. The molecule has 14 heavy (non-hydrogen) atoms. The molecule has 0 aromatic rings. The topological polar surface area (TPSA) is 52.5 Å². The summed E-state index contributed by atoms with van der Waals surface area (Å²) in [5.74, 6) is 0.419. The van der Waals surface area contributed by atoms with Crippen molar-refractivity contribution >= 4 is 0 Å². The Balaban J connectivity index is 1.83. The number of aliphatic hydroxyl groups is 2. The summed E-state index contributed by atoms with van der Waals surface area (Å²) in [6.45, 7) is 0.292. The first-order valence-electron chi connectivity index (χ1n) is 5.86. The molecule has 0 aliphatic heterocycles. The molecule has 3 nitrogen and oxygen atoms in total. The molecule has 0 aromatic carbocycles. The molecule has 3 heteroatoms. The number of hydrogen-bond donors (Lipinski definition) is 3. The molecule has 0 bridgehead atoms. The molecule has 0 heterocycles. The predicted molar refractivity (Wildman–Crippen MR) is 55.0 cm³/mol. The van der Waals surface area contributed by atoms with Crippen LogP contribution in [-0.2, 0) is 0 Å². The zero-order valence-corrected chi connectivity index (χ0v) is 8.65. The SMILES string of the molecule is OCC1CCCC1N[C@@H]1CCC[C@H]1O.